The highest BCUT2D eigenvalue weighted by Crippen LogP contribution is 2.24. The van der Waals surface area contributed by atoms with Gasteiger partial charge in [0.2, 0.25) is 0 Å². The fraction of sp³-hybridized carbons (Fsp3) is 0.750. The van der Waals surface area contributed by atoms with Gasteiger partial charge in [0.15, 0.2) is 0 Å². The zero-order valence-corrected chi connectivity index (χ0v) is 10.2. The van der Waals surface area contributed by atoms with Crippen LogP contribution < -0.4 is 0 Å². The van der Waals surface area contributed by atoms with E-state index in [2.05, 4.69) is 12.0 Å². The molecule has 0 spiro atoms. The van der Waals surface area contributed by atoms with Crippen molar-refractivity contribution < 1.29 is 9.84 Å². The van der Waals surface area contributed by atoms with Gasteiger partial charge in [-0.15, -0.1) is 0 Å². The van der Waals surface area contributed by atoms with Crippen molar-refractivity contribution in [1.29, 1.82) is 0 Å². The standard InChI is InChI=1S/C12H20N2O2/c1-8-4-5-16-12(8)11(15)7-10-6-9(2)13-14(10)3/h6,8,11-12,15H,4-5,7H2,1-3H3. The topological polar surface area (TPSA) is 47.3 Å². The van der Waals surface area contributed by atoms with E-state index in [-0.39, 0.29) is 6.10 Å². The molecule has 0 amide bonds. The molecule has 1 N–H and O–H groups in total. The van der Waals surface area contributed by atoms with Gasteiger partial charge in [0.05, 0.1) is 17.9 Å². The number of aliphatic hydroxyl groups excluding tert-OH is 1. The van der Waals surface area contributed by atoms with Crippen molar-refractivity contribution in [2.45, 2.75) is 38.9 Å². The minimum Gasteiger partial charge on any atom is -0.390 e. The number of hydrogen-bond donors (Lipinski definition) is 1. The normalized spacial score (nSPS) is 27.2. The summed E-state index contributed by atoms with van der Waals surface area (Å²) in [7, 11) is 1.91. The summed E-state index contributed by atoms with van der Waals surface area (Å²) in [5.74, 6) is 0.448. The average molecular weight is 224 g/mol. The van der Waals surface area contributed by atoms with Crippen LogP contribution in [0, 0.1) is 12.8 Å². The number of rotatable bonds is 3. The fourth-order valence-corrected chi connectivity index (χ4v) is 2.39. The Morgan fingerprint density at radius 2 is 2.44 bits per heavy atom. The summed E-state index contributed by atoms with van der Waals surface area (Å²) in [6, 6.07) is 2.02. The quantitative estimate of drug-likeness (QED) is 0.835. The molecule has 4 nitrogen and oxygen atoms in total. The van der Waals surface area contributed by atoms with E-state index < -0.39 is 6.10 Å². The third kappa shape index (κ3) is 2.28. The Morgan fingerprint density at radius 3 is 2.94 bits per heavy atom. The number of ether oxygens (including phenoxy) is 1. The smallest absolute Gasteiger partial charge is 0.0864 e. The Bertz CT molecular complexity index is 362. The molecule has 3 atom stereocenters. The molecule has 1 aromatic heterocycles. The van der Waals surface area contributed by atoms with Gasteiger partial charge in [-0.05, 0) is 25.3 Å². The van der Waals surface area contributed by atoms with Crippen LogP contribution in [0.3, 0.4) is 0 Å². The monoisotopic (exact) mass is 224 g/mol. The predicted octanol–water partition coefficient (Wildman–Crippen LogP) is 1.06. The van der Waals surface area contributed by atoms with Crippen molar-refractivity contribution in [2.75, 3.05) is 6.61 Å². The van der Waals surface area contributed by atoms with Gasteiger partial charge >= 0.3 is 0 Å². The summed E-state index contributed by atoms with van der Waals surface area (Å²) >= 11 is 0. The van der Waals surface area contributed by atoms with Gasteiger partial charge < -0.3 is 9.84 Å². The summed E-state index contributed by atoms with van der Waals surface area (Å²) in [6.07, 6.45) is 1.22. The third-order valence-electron chi connectivity index (χ3n) is 3.34. The lowest BCUT2D eigenvalue weighted by atomic mass is 9.97. The Morgan fingerprint density at radius 1 is 1.69 bits per heavy atom. The first-order chi connectivity index (χ1) is 7.58. The molecule has 0 bridgehead atoms. The second-order valence-corrected chi connectivity index (χ2v) is 4.77. The second kappa shape index (κ2) is 4.55. The van der Waals surface area contributed by atoms with Crippen LogP contribution in [0.2, 0.25) is 0 Å². The van der Waals surface area contributed by atoms with Crippen molar-refractivity contribution >= 4 is 0 Å². The second-order valence-electron chi connectivity index (χ2n) is 4.77. The molecule has 1 aliphatic rings. The number of aliphatic hydroxyl groups is 1. The van der Waals surface area contributed by atoms with Crippen molar-refractivity contribution in [3.05, 3.63) is 17.5 Å². The van der Waals surface area contributed by atoms with Crippen molar-refractivity contribution in [1.82, 2.24) is 9.78 Å². The minimum absolute atomic E-state index is 0.0183. The molecule has 1 aromatic rings. The molecule has 2 rings (SSSR count). The third-order valence-corrected chi connectivity index (χ3v) is 3.34. The van der Waals surface area contributed by atoms with Crippen molar-refractivity contribution in [3.63, 3.8) is 0 Å². The van der Waals surface area contributed by atoms with Crippen LogP contribution in [0.5, 0.6) is 0 Å². The molecule has 0 saturated carbocycles. The summed E-state index contributed by atoms with van der Waals surface area (Å²) in [5, 5.41) is 14.4. The van der Waals surface area contributed by atoms with Crippen LogP contribution in [0.25, 0.3) is 0 Å². The summed E-state index contributed by atoms with van der Waals surface area (Å²) in [6.45, 7) is 4.87. The molecule has 1 fully saturated rings. The van der Waals surface area contributed by atoms with E-state index in [4.69, 9.17) is 4.74 Å². The number of aryl methyl sites for hydroxylation is 2. The molecule has 1 aliphatic heterocycles. The van der Waals surface area contributed by atoms with E-state index in [9.17, 15) is 5.11 Å². The van der Waals surface area contributed by atoms with E-state index >= 15 is 0 Å². The Hall–Kier alpha value is -0.870. The number of nitrogens with zero attached hydrogens (tertiary/aromatic N) is 2. The molecule has 90 valence electrons. The highest BCUT2D eigenvalue weighted by molar-refractivity contribution is 5.10. The van der Waals surface area contributed by atoms with Crippen molar-refractivity contribution in [2.24, 2.45) is 13.0 Å². The molecule has 2 heterocycles. The number of hydrogen-bond acceptors (Lipinski definition) is 3. The largest absolute Gasteiger partial charge is 0.390 e. The van der Waals surface area contributed by atoms with Crippen LogP contribution >= 0.6 is 0 Å². The Balaban J connectivity index is 2.01. The van der Waals surface area contributed by atoms with Gasteiger partial charge in [-0.2, -0.15) is 5.10 Å². The first kappa shape index (κ1) is 11.6. The minimum atomic E-state index is -0.424. The highest BCUT2D eigenvalue weighted by Gasteiger charge is 2.31. The van der Waals surface area contributed by atoms with E-state index in [1.54, 1.807) is 0 Å². The lowest BCUT2D eigenvalue weighted by molar-refractivity contribution is -0.0165. The maximum atomic E-state index is 10.1. The summed E-state index contributed by atoms with van der Waals surface area (Å²) in [5.41, 5.74) is 2.05. The van der Waals surface area contributed by atoms with Gasteiger partial charge in [0.1, 0.15) is 0 Å². The lowest BCUT2D eigenvalue weighted by Crippen LogP contribution is -2.32. The first-order valence-electron chi connectivity index (χ1n) is 5.87. The van der Waals surface area contributed by atoms with Gasteiger partial charge in [-0.3, -0.25) is 4.68 Å². The Kier molecular flexibility index (Phi) is 3.30. The van der Waals surface area contributed by atoms with Gasteiger partial charge in [0, 0.05) is 25.8 Å². The van der Waals surface area contributed by atoms with E-state index in [1.165, 1.54) is 0 Å². The summed E-state index contributed by atoms with van der Waals surface area (Å²) in [4.78, 5) is 0. The fourth-order valence-electron chi connectivity index (χ4n) is 2.39. The molecule has 0 aliphatic carbocycles. The molecule has 16 heavy (non-hydrogen) atoms. The lowest BCUT2D eigenvalue weighted by Gasteiger charge is -2.21. The first-order valence-corrected chi connectivity index (χ1v) is 5.87. The van der Waals surface area contributed by atoms with E-state index in [1.807, 2.05) is 24.7 Å². The maximum absolute atomic E-state index is 10.1. The average Bonchev–Trinajstić information content (AvgIpc) is 2.74. The Labute approximate surface area is 96.2 Å². The zero-order valence-electron chi connectivity index (χ0n) is 10.2. The van der Waals surface area contributed by atoms with Gasteiger partial charge in [-0.25, -0.2) is 0 Å². The molecule has 1 saturated heterocycles. The highest BCUT2D eigenvalue weighted by atomic mass is 16.5. The molecular formula is C12H20N2O2. The predicted molar refractivity (Wildman–Crippen MR) is 61.2 cm³/mol. The van der Waals surface area contributed by atoms with Crippen LogP contribution in [0.4, 0.5) is 0 Å². The molecule has 0 radical (unpaired) electrons. The van der Waals surface area contributed by atoms with Crippen LogP contribution in [0.15, 0.2) is 6.07 Å². The van der Waals surface area contributed by atoms with Crippen LogP contribution in [-0.2, 0) is 18.2 Å². The molecule has 4 heteroatoms. The van der Waals surface area contributed by atoms with E-state index in [0.29, 0.717) is 12.3 Å². The summed E-state index contributed by atoms with van der Waals surface area (Å²) < 4.78 is 7.40. The SMILES string of the molecule is Cc1cc(CC(O)C2OCCC2C)n(C)n1. The van der Waals surface area contributed by atoms with Crippen LogP contribution in [0.1, 0.15) is 24.7 Å². The van der Waals surface area contributed by atoms with Crippen LogP contribution in [-0.4, -0.2) is 33.7 Å². The van der Waals surface area contributed by atoms with Gasteiger partial charge in [0.25, 0.3) is 0 Å². The van der Waals surface area contributed by atoms with Crippen molar-refractivity contribution in [3.8, 4) is 0 Å². The maximum Gasteiger partial charge on any atom is 0.0864 e. The molecule has 3 unspecified atom stereocenters. The number of aromatic nitrogens is 2. The molecule has 0 aromatic carbocycles. The van der Waals surface area contributed by atoms with Gasteiger partial charge in [-0.1, -0.05) is 6.92 Å². The zero-order chi connectivity index (χ0) is 11.7. The molecular weight excluding hydrogens is 204 g/mol. The van der Waals surface area contributed by atoms with E-state index in [0.717, 1.165) is 24.4 Å².